The van der Waals surface area contributed by atoms with Gasteiger partial charge in [-0.2, -0.15) is 8.78 Å². The molecule has 2 N–H and O–H groups in total. The van der Waals surface area contributed by atoms with E-state index in [1.807, 2.05) is 27.7 Å². The van der Waals surface area contributed by atoms with Crippen LogP contribution in [0.15, 0.2) is 22.8 Å². The summed E-state index contributed by atoms with van der Waals surface area (Å²) >= 11 is 0. The number of allylic oxidation sites excluding steroid dienone is 3. The van der Waals surface area contributed by atoms with Gasteiger partial charge in [-0.3, -0.25) is 0 Å². The minimum absolute atomic E-state index is 0.147. The molecule has 0 rings (SSSR count). The van der Waals surface area contributed by atoms with E-state index in [2.05, 4.69) is 13.0 Å². The van der Waals surface area contributed by atoms with E-state index in [-0.39, 0.29) is 11.5 Å². The second-order valence-corrected chi connectivity index (χ2v) is 8.85. The predicted octanol–water partition coefficient (Wildman–Crippen LogP) is 6.71. The van der Waals surface area contributed by atoms with E-state index >= 15 is 0 Å². The highest BCUT2D eigenvalue weighted by molar-refractivity contribution is 5.87. The molecule has 0 aliphatic rings. The average molecular weight is 417 g/mol. The van der Waals surface area contributed by atoms with Crippen LogP contribution in [0.5, 0.6) is 0 Å². The lowest BCUT2D eigenvalue weighted by Crippen LogP contribution is -2.32. The first kappa shape index (κ1) is 27.3. The number of hydrogen-bond donors (Lipinski definition) is 2. The van der Waals surface area contributed by atoms with Crippen LogP contribution in [-0.4, -0.2) is 28.1 Å². The monoisotopic (exact) mass is 416 g/mol. The van der Waals surface area contributed by atoms with Crippen LogP contribution in [0.4, 0.5) is 8.78 Å². The summed E-state index contributed by atoms with van der Waals surface area (Å²) < 4.78 is 27.8. The fourth-order valence-corrected chi connectivity index (χ4v) is 3.31. The zero-order valence-electron chi connectivity index (χ0n) is 18.7. The van der Waals surface area contributed by atoms with E-state index in [0.29, 0.717) is 37.2 Å². The van der Waals surface area contributed by atoms with Crippen molar-refractivity contribution in [3.8, 4) is 0 Å². The van der Waals surface area contributed by atoms with Crippen LogP contribution in [-0.2, 0) is 9.59 Å². The Hall–Kier alpha value is -1.72. The van der Waals surface area contributed by atoms with E-state index in [9.17, 15) is 23.5 Å². The molecule has 0 aliphatic carbocycles. The molecule has 0 spiro atoms. The van der Waals surface area contributed by atoms with Crippen LogP contribution < -0.4 is 0 Å². The highest BCUT2D eigenvalue weighted by Crippen LogP contribution is 2.34. The molecule has 1 unspecified atom stereocenters. The molecule has 168 valence electrons. The standard InChI is InChI=1S/C23H38F2O4/c1-15(2)8-7-9-17(5)11-13-20(21(26)27)18(6)19(12-10-16(3)4)14-23(24,25)22(28)29/h8,16-17,19H,7,9-14H2,1-6H3,(H,26,27)(H,28,29)/b20-18-/t17-,19?/m1/s1. The molecule has 0 radical (unpaired) electrons. The second kappa shape index (κ2) is 12.8. The molecule has 2 atom stereocenters. The summed E-state index contributed by atoms with van der Waals surface area (Å²) in [5.41, 5.74) is 1.77. The van der Waals surface area contributed by atoms with Gasteiger partial charge in [-0.1, -0.05) is 44.4 Å². The summed E-state index contributed by atoms with van der Waals surface area (Å²) in [7, 11) is 0. The van der Waals surface area contributed by atoms with Crippen molar-refractivity contribution in [1.29, 1.82) is 0 Å². The van der Waals surface area contributed by atoms with Gasteiger partial charge in [0.25, 0.3) is 0 Å². The number of halogens is 2. The van der Waals surface area contributed by atoms with Crippen molar-refractivity contribution in [2.75, 3.05) is 0 Å². The zero-order valence-corrected chi connectivity index (χ0v) is 18.7. The van der Waals surface area contributed by atoms with Crippen molar-refractivity contribution in [1.82, 2.24) is 0 Å². The summed E-state index contributed by atoms with van der Waals surface area (Å²) in [5.74, 6) is -7.34. The van der Waals surface area contributed by atoms with E-state index in [0.717, 1.165) is 12.8 Å². The Morgan fingerprint density at radius 1 is 0.966 bits per heavy atom. The first-order valence-electron chi connectivity index (χ1n) is 10.4. The van der Waals surface area contributed by atoms with Gasteiger partial charge in [0, 0.05) is 12.0 Å². The Bertz CT molecular complexity index is 602. The van der Waals surface area contributed by atoms with E-state index in [4.69, 9.17) is 5.11 Å². The van der Waals surface area contributed by atoms with Crippen LogP contribution in [0.1, 0.15) is 86.5 Å². The van der Waals surface area contributed by atoms with Crippen LogP contribution >= 0.6 is 0 Å². The minimum Gasteiger partial charge on any atom is -0.478 e. The molecule has 0 saturated heterocycles. The van der Waals surface area contributed by atoms with Crippen LogP contribution in [0.3, 0.4) is 0 Å². The maximum absolute atomic E-state index is 13.9. The average Bonchev–Trinajstić information content (AvgIpc) is 2.57. The maximum atomic E-state index is 13.9. The van der Waals surface area contributed by atoms with Crippen LogP contribution in [0.25, 0.3) is 0 Å². The number of rotatable bonds is 14. The van der Waals surface area contributed by atoms with Gasteiger partial charge in [0.1, 0.15) is 0 Å². The summed E-state index contributed by atoms with van der Waals surface area (Å²) in [4.78, 5) is 22.7. The maximum Gasteiger partial charge on any atom is 0.374 e. The molecule has 0 aromatic rings. The van der Waals surface area contributed by atoms with Crippen molar-refractivity contribution in [3.05, 3.63) is 22.8 Å². The van der Waals surface area contributed by atoms with Crippen molar-refractivity contribution in [3.63, 3.8) is 0 Å². The summed E-state index contributed by atoms with van der Waals surface area (Å²) in [6, 6.07) is 0. The molecule has 0 amide bonds. The van der Waals surface area contributed by atoms with Gasteiger partial charge in [-0.05, 0) is 70.6 Å². The van der Waals surface area contributed by atoms with Crippen molar-refractivity contribution < 1.29 is 28.6 Å². The predicted molar refractivity (Wildman–Crippen MR) is 112 cm³/mol. The molecular formula is C23H38F2O4. The Balaban J connectivity index is 5.44. The Labute approximate surface area is 174 Å². The highest BCUT2D eigenvalue weighted by Gasteiger charge is 2.41. The van der Waals surface area contributed by atoms with E-state index in [1.165, 1.54) is 5.57 Å². The highest BCUT2D eigenvalue weighted by atomic mass is 19.3. The fourth-order valence-electron chi connectivity index (χ4n) is 3.31. The third-order valence-corrected chi connectivity index (χ3v) is 5.35. The zero-order chi connectivity index (χ0) is 22.8. The van der Waals surface area contributed by atoms with Gasteiger partial charge in [0.2, 0.25) is 0 Å². The van der Waals surface area contributed by atoms with Gasteiger partial charge in [0.05, 0.1) is 0 Å². The number of aliphatic carboxylic acids is 2. The first-order valence-corrected chi connectivity index (χ1v) is 10.4. The molecule has 0 heterocycles. The molecular weight excluding hydrogens is 378 g/mol. The van der Waals surface area contributed by atoms with Gasteiger partial charge < -0.3 is 10.2 Å². The molecule has 0 aromatic carbocycles. The van der Waals surface area contributed by atoms with E-state index < -0.39 is 30.2 Å². The van der Waals surface area contributed by atoms with Gasteiger partial charge >= 0.3 is 17.9 Å². The fraction of sp³-hybridized carbons (Fsp3) is 0.739. The Morgan fingerprint density at radius 3 is 2.00 bits per heavy atom. The number of carbonyl (C=O) groups is 2. The number of carboxylic acids is 2. The quantitative estimate of drug-likeness (QED) is 0.244. The number of carboxylic acid groups (broad SMARTS) is 2. The molecule has 0 aromatic heterocycles. The Morgan fingerprint density at radius 2 is 1.55 bits per heavy atom. The minimum atomic E-state index is -3.87. The van der Waals surface area contributed by atoms with Crippen LogP contribution in [0.2, 0.25) is 0 Å². The number of hydrogen-bond acceptors (Lipinski definition) is 2. The van der Waals surface area contributed by atoms with Crippen LogP contribution in [0, 0.1) is 17.8 Å². The van der Waals surface area contributed by atoms with Crippen molar-refractivity contribution in [2.45, 2.75) is 92.4 Å². The molecule has 4 nitrogen and oxygen atoms in total. The molecule has 0 bridgehead atoms. The molecule has 0 saturated carbocycles. The topological polar surface area (TPSA) is 74.6 Å². The van der Waals surface area contributed by atoms with Gasteiger partial charge in [0.15, 0.2) is 0 Å². The Kier molecular flexibility index (Phi) is 12.0. The third kappa shape index (κ3) is 11.1. The number of alkyl halides is 2. The van der Waals surface area contributed by atoms with Gasteiger partial charge in [-0.25, -0.2) is 9.59 Å². The van der Waals surface area contributed by atoms with Crippen molar-refractivity contribution in [2.24, 2.45) is 17.8 Å². The molecule has 0 fully saturated rings. The SMILES string of the molecule is CC(C)=CCC[C@@H](C)CC/C(C(=O)O)=C(\C)C(CCC(C)C)CC(F)(F)C(=O)O. The summed E-state index contributed by atoms with van der Waals surface area (Å²) in [6.07, 6.45) is 5.07. The molecule has 0 aliphatic heterocycles. The lowest BCUT2D eigenvalue weighted by molar-refractivity contribution is -0.167. The second-order valence-electron chi connectivity index (χ2n) is 8.85. The third-order valence-electron chi connectivity index (χ3n) is 5.35. The lowest BCUT2D eigenvalue weighted by atomic mass is 9.83. The first-order chi connectivity index (χ1) is 13.3. The summed E-state index contributed by atoms with van der Waals surface area (Å²) in [5, 5.41) is 18.5. The van der Waals surface area contributed by atoms with Crippen molar-refractivity contribution >= 4 is 11.9 Å². The van der Waals surface area contributed by atoms with Gasteiger partial charge in [-0.15, -0.1) is 0 Å². The largest absolute Gasteiger partial charge is 0.478 e. The molecule has 29 heavy (non-hydrogen) atoms. The van der Waals surface area contributed by atoms with E-state index in [1.54, 1.807) is 6.92 Å². The summed E-state index contributed by atoms with van der Waals surface area (Å²) in [6.45, 7) is 11.6. The smallest absolute Gasteiger partial charge is 0.374 e. The molecule has 6 heteroatoms. The normalized spacial score (nSPS) is 14.9. The lowest BCUT2D eigenvalue weighted by Gasteiger charge is -2.24.